The van der Waals surface area contributed by atoms with E-state index >= 15 is 0 Å². The Morgan fingerprint density at radius 3 is 2.26 bits per heavy atom. The van der Waals surface area contributed by atoms with Crippen molar-refractivity contribution in [2.45, 2.75) is 13.0 Å². The van der Waals surface area contributed by atoms with E-state index in [9.17, 15) is 9.59 Å². The van der Waals surface area contributed by atoms with Crippen molar-refractivity contribution in [1.29, 1.82) is 0 Å². The molecule has 8 heteroatoms. The molecule has 31 heavy (non-hydrogen) atoms. The maximum atomic E-state index is 13.1. The zero-order valence-corrected chi connectivity index (χ0v) is 18.7. The molecule has 166 valence electrons. The fraction of sp³-hybridized carbons (Fsp3) is 0.391. The van der Waals surface area contributed by atoms with Gasteiger partial charge in [0.2, 0.25) is 0 Å². The molecule has 1 aliphatic heterocycles. The Kier molecular flexibility index (Phi) is 7.76. The van der Waals surface area contributed by atoms with Crippen LogP contribution in [-0.4, -0.2) is 68.7 Å². The molecule has 0 aromatic heterocycles. The number of benzene rings is 2. The molecular formula is C23H27ClN2O5. The maximum absolute atomic E-state index is 13.1. The first-order chi connectivity index (χ1) is 15.0. The summed E-state index contributed by atoms with van der Waals surface area (Å²) < 4.78 is 16.0. The predicted molar refractivity (Wildman–Crippen MR) is 118 cm³/mol. The molecule has 2 aromatic carbocycles. The summed E-state index contributed by atoms with van der Waals surface area (Å²) >= 11 is 6.01. The van der Waals surface area contributed by atoms with Gasteiger partial charge in [0, 0.05) is 31.2 Å². The summed E-state index contributed by atoms with van der Waals surface area (Å²) in [6.07, 6.45) is 0. The lowest BCUT2D eigenvalue weighted by molar-refractivity contribution is -0.150. The van der Waals surface area contributed by atoms with Gasteiger partial charge in [-0.3, -0.25) is 9.69 Å². The van der Waals surface area contributed by atoms with Crippen molar-refractivity contribution >= 4 is 23.5 Å². The normalized spacial score (nSPS) is 15.3. The molecule has 3 rings (SSSR count). The molecule has 1 saturated heterocycles. The molecule has 1 aliphatic rings. The number of esters is 1. The third-order valence-electron chi connectivity index (χ3n) is 5.30. The number of para-hydroxylation sites is 1. The molecule has 1 amide bonds. The summed E-state index contributed by atoms with van der Waals surface area (Å²) in [5.74, 6) is 0.494. The summed E-state index contributed by atoms with van der Waals surface area (Å²) in [6, 6.07) is 11.9. The molecule has 0 unspecified atom stereocenters. The first-order valence-corrected chi connectivity index (χ1v) is 10.5. The number of carbonyl (C=O) groups is 2. The number of amides is 1. The number of halogens is 1. The van der Waals surface area contributed by atoms with E-state index in [1.54, 1.807) is 42.2 Å². The highest BCUT2D eigenvalue weighted by Crippen LogP contribution is 2.32. The Morgan fingerprint density at radius 2 is 1.68 bits per heavy atom. The van der Waals surface area contributed by atoms with Crippen LogP contribution in [0, 0.1) is 0 Å². The van der Waals surface area contributed by atoms with Crippen LogP contribution < -0.4 is 9.47 Å². The van der Waals surface area contributed by atoms with Crippen LogP contribution in [0.2, 0.25) is 5.02 Å². The number of hydrogen-bond donors (Lipinski definition) is 0. The van der Waals surface area contributed by atoms with Gasteiger partial charge in [0.25, 0.3) is 5.91 Å². The van der Waals surface area contributed by atoms with Gasteiger partial charge < -0.3 is 19.1 Å². The van der Waals surface area contributed by atoms with Crippen molar-refractivity contribution in [2.24, 2.45) is 0 Å². The quantitative estimate of drug-likeness (QED) is 0.607. The first-order valence-electron chi connectivity index (χ1n) is 10.2. The van der Waals surface area contributed by atoms with Crippen LogP contribution >= 0.6 is 11.6 Å². The monoisotopic (exact) mass is 446 g/mol. The maximum Gasteiger partial charge on any atom is 0.328 e. The number of rotatable bonds is 7. The molecule has 0 saturated carbocycles. The number of ether oxygens (including phenoxy) is 3. The van der Waals surface area contributed by atoms with Crippen LogP contribution in [0.5, 0.6) is 11.5 Å². The Bertz CT molecular complexity index is 911. The lowest BCUT2D eigenvalue weighted by Crippen LogP contribution is -2.51. The molecule has 7 nitrogen and oxygen atoms in total. The Balaban J connectivity index is 1.75. The fourth-order valence-electron chi connectivity index (χ4n) is 3.77. The molecule has 0 spiro atoms. The number of nitrogens with zero attached hydrogens (tertiary/aromatic N) is 2. The fourth-order valence-corrected chi connectivity index (χ4v) is 3.90. The van der Waals surface area contributed by atoms with Gasteiger partial charge in [-0.2, -0.15) is 0 Å². The SMILES string of the molecule is CCOC(=O)[C@@H](c1ccc(Cl)cc1)N1CCN(C(=O)c2cccc(OC)c2OC)CC1. The van der Waals surface area contributed by atoms with Crippen molar-refractivity contribution < 1.29 is 23.8 Å². The summed E-state index contributed by atoms with van der Waals surface area (Å²) in [6.45, 7) is 4.10. The summed E-state index contributed by atoms with van der Waals surface area (Å²) in [5.41, 5.74) is 1.27. The van der Waals surface area contributed by atoms with Gasteiger partial charge in [0.15, 0.2) is 11.5 Å². The van der Waals surface area contributed by atoms with Gasteiger partial charge in [-0.15, -0.1) is 0 Å². The Labute approximate surface area is 187 Å². The molecule has 0 bridgehead atoms. The lowest BCUT2D eigenvalue weighted by Gasteiger charge is -2.38. The number of hydrogen-bond acceptors (Lipinski definition) is 6. The third-order valence-corrected chi connectivity index (χ3v) is 5.55. The molecule has 1 atom stereocenters. The second kappa shape index (κ2) is 10.5. The number of carbonyl (C=O) groups excluding carboxylic acids is 2. The van der Waals surface area contributed by atoms with E-state index < -0.39 is 6.04 Å². The summed E-state index contributed by atoms with van der Waals surface area (Å²) in [5, 5.41) is 0.606. The van der Waals surface area contributed by atoms with Crippen LogP contribution in [0.3, 0.4) is 0 Å². The number of piperazine rings is 1. The minimum Gasteiger partial charge on any atom is -0.493 e. The Morgan fingerprint density at radius 1 is 1.00 bits per heavy atom. The first kappa shape index (κ1) is 22.9. The van der Waals surface area contributed by atoms with Gasteiger partial charge in [-0.05, 0) is 36.8 Å². The summed E-state index contributed by atoms with van der Waals surface area (Å²) in [4.78, 5) is 29.6. The van der Waals surface area contributed by atoms with Crippen LogP contribution in [0.25, 0.3) is 0 Å². The van der Waals surface area contributed by atoms with Crippen molar-refractivity contribution in [3.63, 3.8) is 0 Å². The van der Waals surface area contributed by atoms with E-state index in [1.807, 2.05) is 17.0 Å². The minimum absolute atomic E-state index is 0.130. The zero-order valence-electron chi connectivity index (χ0n) is 18.0. The van der Waals surface area contributed by atoms with Crippen LogP contribution in [0.1, 0.15) is 28.9 Å². The van der Waals surface area contributed by atoms with Crippen LogP contribution in [0.15, 0.2) is 42.5 Å². The lowest BCUT2D eigenvalue weighted by atomic mass is 10.0. The molecule has 0 N–H and O–H groups in total. The smallest absolute Gasteiger partial charge is 0.328 e. The van der Waals surface area contributed by atoms with Gasteiger partial charge in [-0.1, -0.05) is 29.8 Å². The van der Waals surface area contributed by atoms with Gasteiger partial charge in [0.1, 0.15) is 6.04 Å². The Hall–Kier alpha value is -2.77. The topological polar surface area (TPSA) is 68.3 Å². The van der Waals surface area contributed by atoms with Crippen molar-refractivity contribution in [1.82, 2.24) is 9.80 Å². The van der Waals surface area contributed by atoms with Gasteiger partial charge in [-0.25, -0.2) is 4.79 Å². The van der Waals surface area contributed by atoms with E-state index in [1.165, 1.54) is 14.2 Å². The highest BCUT2D eigenvalue weighted by molar-refractivity contribution is 6.30. The average molecular weight is 447 g/mol. The highest BCUT2D eigenvalue weighted by atomic mass is 35.5. The van der Waals surface area contributed by atoms with E-state index in [2.05, 4.69) is 0 Å². The molecule has 2 aromatic rings. The summed E-state index contributed by atoms with van der Waals surface area (Å²) in [7, 11) is 3.06. The molecule has 1 heterocycles. The average Bonchev–Trinajstić information content (AvgIpc) is 2.80. The van der Waals surface area contributed by atoms with Crippen LogP contribution in [-0.2, 0) is 9.53 Å². The molecular weight excluding hydrogens is 420 g/mol. The molecule has 0 radical (unpaired) electrons. The van der Waals surface area contributed by atoms with E-state index in [4.69, 9.17) is 25.8 Å². The zero-order chi connectivity index (χ0) is 22.4. The minimum atomic E-state index is -0.541. The van der Waals surface area contributed by atoms with Crippen molar-refractivity contribution in [2.75, 3.05) is 47.0 Å². The largest absolute Gasteiger partial charge is 0.493 e. The van der Waals surface area contributed by atoms with Crippen LogP contribution in [0.4, 0.5) is 0 Å². The molecule has 0 aliphatic carbocycles. The van der Waals surface area contributed by atoms with Gasteiger partial charge >= 0.3 is 5.97 Å². The second-order valence-corrected chi connectivity index (χ2v) is 7.51. The standard InChI is InChI=1S/C23H27ClN2O5/c1-4-31-23(28)20(16-8-10-17(24)11-9-16)25-12-14-26(15-13-25)22(27)18-6-5-7-19(29-2)21(18)30-3/h5-11,20H,4,12-15H2,1-3H3/t20-/m1/s1. The molecule has 1 fully saturated rings. The van der Waals surface area contributed by atoms with Crippen molar-refractivity contribution in [3.8, 4) is 11.5 Å². The second-order valence-electron chi connectivity index (χ2n) is 7.08. The van der Waals surface area contributed by atoms with E-state index in [-0.39, 0.29) is 11.9 Å². The van der Waals surface area contributed by atoms with Crippen molar-refractivity contribution in [3.05, 3.63) is 58.6 Å². The van der Waals surface area contributed by atoms with Gasteiger partial charge in [0.05, 0.1) is 26.4 Å². The number of methoxy groups -OCH3 is 2. The predicted octanol–water partition coefficient (Wildman–Crippen LogP) is 3.42. The van der Waals surface area contributed by atoms with E-state index in [0.29, 0.717) is 54.9 Å². The highest BCUT2D eigenvalue weighted by Gasteiger charge is 2.33. The van der Waals surface area contributed by atoms with E-state index in [0.717, 1.165) is 5.56 Å². The third kappa shape index (κ3) is 5.11.